The Kier molecular flexibility index (Phi) is 5.22. The van der Waals surface area contributed by atoms with Crippen molar-refractivity contribution in [2.75, 3.05) is 7.11 Å². The highest BCUT2D eigenvalue weighted by atomic mass is 16.5. The van der Waals surface area contributed by atoms with Crippen molar-refractivity contribution in [1.29, 1.82) is 0 Å². The Bertz CT molecular complexity index is 230. The van der Waals surface area contributed by atoms with Gasteiger partial charge in [0.25, 0.3) is 0 Å². The molecule has 0 amide bonds. The van der Waals surface area contributed by atoms with Gasteiger partial charge in [-0.2, -0.15) is 0 Å². The maximum atomic E-state index is 11.7. The van der Waals surface area contributed by atoms with Gasteiger partial charge in [-0.05, 0) is 25.2 Å². The largest absolute Gasteiger partial charge is 0.461 e. The number of esters is 1. The van der Waals surface area contributed by atoms with Crippen molar-refractivity contribution in [3.05, 3.63) is 0 Å². The van der Waals surface area contributed by atoms with E-state index < -0.39 is 6.04 Å². The van der Waals surface area contributed by atoms with Gasteiger partial charge >= 0.3 is 5.97 Å². The normalized spacial score (nSPS) is 27.8. The first-order chi connectivity index (χ1) is 7.54. The van der Waals surface area contributed by atoms with Crippen molar-refractivity contribution in [1.82, 2.24) is 0 Å². The second-order valence-electron chi connectivity index (χ2n) is 4.85. The van der Waals surface area contributed by atoms with Gasteiger partial charge in [0.1, 0.15) is 12.1 Å². The van der Waals surface area contributed by atoms with E-state index in [1.165, 1.54) is 0 Å². The highest BCUT2D eigenvalue weighted by molar-refractivity contribution is 5.75. The Balaban J connectivity index is 2.38. The quantitative estimate of drug-likeness (QED) is 0.742. The van der Waals surface area contributed by atoms with Crippen molar-refractivity contribution < 1.29 is 14.3 Å². The van der Waals surface area contributed by atoms with Crippen LogP contribution in [-0.4, -0.2) is 31.3 Å². The van der Waals surface area contributed by atoms with Crippen LogP contribution in [0, 0.1) is 5.92 Å². The number of carbonyl (C=O) groups is 1. The molecular formula is C12H23NO3. The predicted molar refractivity (Wildman–Crippen MR) is 62.0 cm³/mol. The highest BCUT2D eigenvalue weighted by Gasteiger charge is 2.27. The third-order valence-corrected chi connectivity index (χ3v) is 3.18. The van der Waals surface area contributed by atoms with Gasteiger partial charge in [0.15, 0.2) is 0 Å². The van der Waals surface area contributed by atoms with E-state index in [9.17, 15) is 4.79 Å². The van der Waals surface area contributed by atoms with Crippen LogP contribution >= 0.6 is 0 Å². The molecule has 2 N–H and O–H groups in total. The number of carbonyl (C=O) groups excluding carboxylic acids is 1. The Hall–Kier alpha value is -0.610. The van der Waals surface area contributed by atoms with Crippen molar-refractivity contribution in [2.24, 2.45) is 11.7 Å². The number of rotatable bonds is 4. The molecule has 0 bridgehead atoms. The monoisotopic (exact) mass is 229 g/mol. The highest BCUT2D eigenvalue weighted by Crippen LogP contribution is 2.23. The minimum Gasteiger partial charge on any atom is -0.461 e. The first-order valence-electron chi connectivity index (χ1n) is 6.03. The number of methoxy groups -OCH3 is 1. The summed E-state index contributed by atoms with van der Waals surface area (Å²) < 4.78 is 10.7. The van der Waals surface area contributed by atoms with Crippen LogP contribution in [0.2, 0.25) is 0 Å². The number of nitrogens with two attached hydrogens (primary N) is 1. The zero-order chi connectivity index (χ0) is 12.1. The van der Waals surface area contributed by atoms with Crippen LogP contribution in [0.5, 0.6) is 0 Å². The average Bonchev–Trinajstić information content (AvgIpc) is 2.28. The minimum atomic E-state index is -0.511. The summed E-state index contributed by atoms with van der Waals surface area (Å²) in [6, 6.07) is -0.511. The zero-order valence-corrected chi connectivity index (χ0v) is 10.4. The third-order valence-electron chi connectivity index (χ3n) is 3.18. The van der Waals surface area contributed by atoms with Gasteiger partial charge in [0.2, 0.25) is 0 Å². The Labute approximate surface area is 97.5 Å². The summed E-state index contributed by atoms with van der Waals surface area (Å²) in [6.07, 6.45) is 4.04. The average molecular weight is 229 g/mol. The number of hydrogen-bond acceptors (Lipinski definition) is 4. The molecule has 1 fully saturated rings. The molecular weight excluding hydrogens is 206 g/mol. The molecule has 1 aliphatic carbocycles. The standard InChI is InChI=1S/C12H23NO3/c1-8(2)11(13)12(14)16-10-6-4-5-9(7-10)15-3/h8-11H,4-7,13H2,1-3H3. The number of ether oxygens (including phenoxy) is 2. The molecule has 0 aromatic rings. The van der Waals surface area contributed by atoms with Crippen molar-refractivity contribution in [2.45, 2.75) is 57.8 Å². The summed E-state index contributed by atoms with van der Waals surface area (Å²) >= 11 is 0. The lowest BCUT2D eigenvalue weighted by atomic mass is 9.94. The molecule has 16 heavy (non-hydrogen) atoms. The summed E-state index contributed by atoms with van der Waals surface area (Å²) in [5.74, 6) is -0.161. The molecule has 0 radical (unpaired) electrons. The lowest BCUT2D eigenvalue weighted by molar-refractivity contribution is -0.155. The fourth-order valence-corrected chi connectivity index (χ4v) is 1.94. The molecule has 0 aliphatic heterocycles. The van der Waals surface area contributed by atoms with E-state index in [1.807, 2.05) is 13.8 Å². The zero-order valence-electron chi connectivity index (χ0n) is 10.4. The molecule has 3 atom stereocenters. The summed E-state index contributed by atoms with van der Waals surface area (Å²) in [5.41, 5.74) is 5.74. The van der Waals surface area contributed by atoms with Crippen LogP contribution in [-0.2, 0) is 14.3 Å². The van der Waals surface area contributed by atoms with Gasteiger partial charge < -0.3 is 15.2 Å². The van der Waals surface area contributed by atoms with Crippen LogP contribution in [0.3, 0.4) is 0 Å². The van der Waals surface area contributed by atoms with E-state index in [2.05, 4.69) is 0 Å². The van der Waals surface area contributed by atoms with Crippen LogP contribution < -0.4 is 5.73 Å². The van der Waals surface area contributed by atoms with Crippen molar-refractivity contribution in [3.63, 3.8) is 0 Å². The van der Waals surface area contributed by atoms with Crippen LogP contribution in [0.4, 0.5) is 0 Å². The molecule has 3 unspecified atom stereocenters. The summed E-state index contributed by atoms with van der Waals surface area (Å²) in [5, 5.41) is 0. The number of hydrogen-bond donors (Lipinski definition) is 1. The SMILES string of the molecule is COC1CCCC(OC(=O)C(N)C(C)C)C1. The summed E-state index contributed by atoms with van der Waals surface area (Å²) in [6.45, 7) is 3.84. The van der Waals surface area contributed by atoms with Crippen LogP contribution in [0.25, 0.3) is 0 Å². The van der Waals surface area contributed by atoms with E-state index in [-0.39, 0.29) is 24.1 Å². The van der Waals surface area contributed by atoms with Crippen molar-refractivity contribution in [3.8, 4) is 0 Å². The fourth-order valence-electron chi connectivity index (χ4n) is 1.94. The predicted octanol–water partition coefficient (Wildman–Crippen LogP) is 1.47. The van der Waals surface area contributed by atoms with Gasteiger partial charge in [0, 0.05) is 13.5 Å². The van der Waals surface area contributed by atoms with Gasteiger partial charge in [-0.3, -0.25) is 4.79 Å². The Morgan fingerprint density at radius 1 is 1.31 bits per heavy atom. The van der Waals surface area contributed by atoms with E-state index in [1.54, 1.807) is 7.11 Å². The molecule has 4 nitrogen and oxygen atoms in total. The lowest BCUT2D eigenvalue weighted by Gasteiger charge is -2.29. The molecule has 1 aliphatic rings. The van der Waals surface area contributed by atoms with Crippen LogP contribution in [0.1, 0.15) is 39.5 Å². The van der Waals surface area contributed by atoms with E-state index in [4.69, 9.17) is 15.2 Å². The van der Waals surface area contributed by atoms with Gasteiger partial charge in [0.05, 0.1) is 6.10 Å². The van der Waals surface area contributed by atoms with E-state index in [0.29, 0.717) is 0 Å². The Morgan fingerprint density at radius 2 is 1.94 bits per heavy atom. The van der Waals surface area contributed by atoms with Crippen LogP contribution in [0.15, 0.2) is 0 Å². The summed E-state index contributed by atoms with van der Waals surface area (Å²) in [7, 11) is 1.70. The molecule has 4 heteroatoms. The molecule has 0 heterocycles. The molecule has 1 saturated carbocycles. The van der Waals surface area contributed by atoms with Gasteiger partial charge in [-0.25, -0.2) is 0 Å². The molecule has 1 rings (SSSR count). The first-order valence-corrected chi connectivity index (χ1v) is 6.03. The first kappa shape index (κ1) is 13.5. The van der Waals surface area contributed by atoms with Gasteiger partial charge in [-0.1, -0.05) is 13.8 Å². The second-order valence-corrected chi connectivity index (χ2v) is 4.85. The smallest absolute Gasteiger partial charge is 0.323 e. The lowest BCUT2D eigenvalue weighted by Crippen LogP contribution is -2.40. The topological polar surface area (TPSA) is 61.5 Å². The van der Waals surface area contributed by atoms with E-state index in [0.717, 1.165) is 25.7 Å². The second kappa shape index (κ2) is 6.21. The Morgan fingerprint density at radius 3 is 2.50 bits per heavy atom. The van der Waals surface area contributed by atoms with Crippen molar-refractivity contribution >= 4 is 5.97 Å². The summed E-state index contributed by atoms with van der Waals surface area (Å²) in [4.78, 5) is 11.7. The van der Waals surface area contributed by atoms with Gasteiger partial charge in [-0.15, -0.1) is 0 Å². The maximum absolute atomic E-state index is 11.7. The third kappa shape index (κ3) is 3.76. The molecule has 0 saturated heterocycles. The minimum absolute atomic E-state index is 0.0176. The van der Waals surface area contributed by atoms with E-state index >= 15 is 0 Å². The molecule has 94 valence electrons. The molecule has 0 aromatic heterocycles. The fraction of sp³-hybridized carbons (Fsp3) is 0.917. The maximum Gasteiger partial charge on any atom is 0.323 e. The molecule has 0 spiro atoms. The molecule has 0 aromatic carbocycles.